The molecule has 0 saturated heterocycles. The summed E-state index contributed by atoms with van der Waals surface area (Å²) in [5.74, 6) is 1.47. The highest BCUT2D eigenvalue weighted by atomic mass is 79.9. The number of nitrogens with zero attached hydrogens (tertiary/aromatic N) is 1. The van der Waals surface area contributed by atoms with Gasteiger partial charge in [0.05, 0.1) is 19.3 Å². The molecule has 1 aromatic rings. The van der Waals surface area contributed by atoms with Crippen molar-refractivity contribution in [1.82, 2.24) is 0 Å². The van der Waals surface area contributed by atoms with Crippen molar-refractivity contribution in [2.45, 2.75) is 19.1 Å². The van der Waals surface area contributed by atoms with Crippen LogP contribution in [0.5, 0.6) is 5.75 Å². The monoisotopic (exact) mass is 328 g/mol. The van der Waals surface area contributed by atoms with Gasteiger partial charge >= 0.3 is 0 Å². The van der Waals surface area contributed by atoms with Gasteiger partial charge in [-0.1, -0.05) is 41.5 Å². The van der Waals surface area contributed by atoms with Crippen molar-refractivity contribution in [1.29, 1.82) is 0 Å². The summed E-state index contributed by atoms with van der Waals surface area (Å²) in [4.78, 5) is 4.54. The van der Waals surface area contributed by atoms with Crippen molar-refractivity contribution in [3.8, 4) is 5.75 Å². The predicted octanol–water partition coefficient (Wildman–Crippen LogP) is 4.00. The lowest BCUT2D eigenvalue weighted by atomic mass is 10.1. The third-order valence-electron chi connectivity index (χ3n) is 2.82. The lowest BCUT2D eigenvalue weighted by Gasteiger charge is -2.13. The van der Waals surface area contributed by atoms with E-state index in [-0.39, 0.29) is 0 Å². The Labute approximate surface area is 121 Å². The molecule has 0 radical (unpaired) electrons. The Bertz CT molecular complexity index is 462. The zero-order valence-corrected chi connectivity index (χ0v) is 13.1. The molecule has 3 nitrogen and oxygen atoms in total. The van der Waals surface area contributed by atoms with E-state index in [0.717, 1.165) is 27.6 Å². The number of hydrogen-bond donors (Lipinski definition) is 1. The molecule has 0 aromatic heterocycles. The molecule has 1 unspecified atom stereocenters. The zero-order chi connectivity index (χ0) is 13.1. The van der Waals surface area contributed by atoms with Gasteiger partial charge in [0.15, 0.2) is 5.17 Å². The highest BCUT2D eigenvalue weighted by Gasteiger charge is 2.23. The summed E-state index contributed by atoms with van der Waals surface area (Å²) < 4.78 is 6.36. The molecule has 98 valence electrons. The number of rotatable bonds is 3. The summed E-state index contributed by atoms with van der Waals surface area (Å²) in [6.45, 7) is 5.35. The number of methoxy groups -OCH3 is 1. The second-order valence-electron chi connectivity index (χ2n) is 4.52. The SMILES string of the molecule is COc1ccc(Br)cc1NC1=NCC(C(C)C)S1. The minimum atomic E-state index is 0.575. The topological polar surface area (TPSA) is 33.6 Å². The molecule has 1 atom stereocenters. The third kappa shape index (κ3) is 3.20. The summed E-state index contributed by atoms with van der Waals surface area (Å²) in [5.41, 5.74) is 0.947. The van der Waals surface area contributed by atoms with E-state index in [9.17, 15) is 0 Å². The highest BCUT2D eigenvalue weighted by molar-refractivity contribution is 9.10. The molecule has 1 N–H and O–H groups in total. The van der Waals surface area contributed by atoms with Crippen LogP contribution in [-0.2, 0) is 0 Å². The molecule has 5 heteroatoms. The van der Waals surface area contributed by atoms with Crippen molar-refractivity contribution in [2.75, 3.05) is 19.0 Å². The normalized spacial score (nSPS) is 18.9. The molecule has 1 aliphatic heterocycles. The average Bonchev–Trinajstić information content (AvgIpc) is 2.78. The Hall–Kier alpha value is -0.680. The second kappa shape index (κ2) is 5.97. The third-order valence-corrected chi connectivity index (χ3v) is 4.77. The maximum Gasteiger partial charge on any atom is 0.161 e. The predicted molar refractivity (Wildman–Crippen MR) is 82.8 cm³/mol. The van der Waals surface area contributed by atoms with E-state index in [2.05, 4.69) is 40.1 Å². The van der Waals surface area contributed by atoms with E-state index in [0.29, 0.717) is 11.2 Å². The molecule has 2 rings (SSSR count). The number of amidine groups is 1. The fourth-order valence-corrected chi connectivity index (χ4v) is 3.09. The first kappa shape index (κ1) is 13.7. The molecule has 0 saturated carbocycles. The quantitative estimate of drug-likeness (QED) is 0.910. The van der Waals surface area contributed by atoms with Gasteiger partial charge in [0.25, 0.3) is 0 Å². The number of ether oxygens (including phenoxy) is 1. The summed E-state index contributed by atoms with van der Waals surface area (Å²) in [7, 11) is 1.68. The molecule has 1 aliphatic rings. The number of hydrogen-bond acceptors (Lipinski definition) is 4. The number of aliphatic imine (C=N–C) groups is 1. The standard InChI is InChI=1S/C13H17BrN2OS/c1-8(2)12-7-15-13(18-12)16-10-6-9(14)4-5-11(10)17-3/h4-6,8,12H,7H2,1-3H3,(H,15,16). The Morgan fingerprint density at radius 2 is 2.28 bits per heavy atom. The molecule has 0 aliphatic carbocycles. The van der Waals surface area contributed by atoms with Crippen LogP contribution in [0.4, 0.5) is 5.69 Å². The van der Waals surface area contributed by atoms with E-state index >= 15 is 0 Å². The maximum atomic E-state index is 5.34. The molecule has 0 fully saturated rings. The maximum absolute atomic E-state index is 5.34. The Morgan fingerprint density at radius 3 is 2.89 bits per heavy atom. The first-order chi connectivity index (χ1) is 8.60. The summed E-state index contributed by atoms with van der Waals surface area (Å²) >= 11 is 5.27. The van der Waals surface area contributed by atoms with Crippen LogP contribution in [0.15, 0.2) is 27.7 Å². The minimum absolute atomic E-state index is 0.575. The van der Waals surface area contributed by atoms with Crippen LogP contribution < -0.4 is 10.1 Å². The highest BCUT2D eigenvalue weighted by Crippen LogP contribution is 2.32. The van der Waals surface area contributed by atoms with Crippen LogP contribution in [0.2, 0.25) is 0 Å². The zero-order valence-electron chi connectivity index (χ0n) is 10.7. The minimum Gasteiger partial charge on any atom is -0.495 e. The lowest BCUT2D eigenvalue weighted by molar-refractivity contribution is 0.417. The van der Waals surface area contributed by atoms with Crippen molar-refractivity contribution >= 4 is 38.5 Å². The first-order valence-corrected chi connectivity index (χ1v) is 7.59. The van der Waals surface area contributed by atoms with Crippen molar-refractivity contribution in [2.24, 2.45) is 10.9 Å². The van der Waals surface area contributed by atoms with Gasteiger partial charge in [0.2, 0.25) is 0 Å². The first-order valence-electron chi connectivity index (χ1n) is 5.92. The second-order valence-corrected chi connectivity index (χ2v) is 6.66. The Balaban J connectivity index is 2.09. The van der Waals surface area contributed by atoms with Crippen molar-refractivity contribution < 1.29 is 4.74 Å². The van der Waals surface area contributed by atoms with Gasteiger partial charge in [0, 0.05) is 9.72 Å². The van der Waals surface area contributed by atoms with Gasteiger partial charge in [0.1, 0.15) is 5.75 Å². The van der Waals surface area contributed by atoms with E-state index in [4.69, 9.17) is 4.74 Å². The van der Waals surface area contributed by atoms with Gasteiger partial charge in [-0.05, 0) is 24.1 Å². The number of nitrogens with one attached hydrogen (secondary N) is 1. The van der Waals surface area contributed by atoms with Gasteiger partial charge < -0.3 is 10.1 Å². The van der Waals surface area contributed by atoms with Gasteiger partial charge in [-0.25, -0.2) is 0 Å². The molecular weight excluding hydrogens is 312 g/mol. The molecule has 18 heavy (non-hydrogen) atoms. The number of anilines is 1. The number of thioether (sulfide) groups is 1. The van der Waals surface area contributed by atoms with E-state index in [1.807, 2.05) is 18.2 Å². The van der Waals surface area contributed by atoms with Crippen LogP contribution in [0.1, 0.15) is 13.8 Å². The molecule has 0 bridgehead atoms. The fourth-order valence-electron chi connectivity index (χ4n) is 1.70. The Morgan fingerprint density at radius 1 is 1.50 bits per heavy atom. The number of benzene rings is 1. The van der Waals surface area contributed by atoms with E-state index < -0.39 is 0 Å². The van der Waals surface area contributed by atoms with Crippen molar-refractivity contribution in [3.05, 3.63) is 22.7 Å². The van der Waals surface area contributed by atoms with Crippen LogP contribution in [0.25, 0.3) is 0 Å². The van der Waals surface area contributed by atoms with Crippen LogP contribution >= 0.6 is 27.7 Å². The smallest absolute Gasteiger partial charge is 0.161 e. The van der Waals surface area contributed by atoms with Crippen LogP contribution in [-0.4, -0.2) is 24.1 Å². The van der Waals surface area contributed by atoms with Gasteiger partial charge in [-0.3, -0.25) is 4.99 Å². The largest absolute Gasteiger partial charge is 0.495 e. The Kier molecular flexibility index (Phi) is 4.56. The van der Waals surface area contributed by atoms with Crippen LogP contribution in [0, 0.1) is 5.92 Å². The summed E-state index contributed by atoms with van der Waals surface area (Å²) in [6, 6.07) is 5.90. The number of halogens is 1. The molecule has 1 aromatic carbocycles. The molecular formula is C13H17BrN2OS. The summed E-state index contributed by atoms with van der Waals surface area (Å²) in [6.07, 6.45) is 0. The van der Waals surface area contributed by atoms with Gasteiger partial charge in [-0.15, -0.1) is 0 Å². The lowest BCUT2D eigenvalue weighted by Crippen LogP contribution is -2.13. The van der Waals surface area contributed by atoms with E-state index in [1.54, 1.807) is 18.9 Å². The molecule has 0 amide bonds. The summed E-state index contributed by atoms with van der Waals surface area (Å²) in [5, 5.41) is 4.90. The fraction of sp³-hybridized carbons (Fsp3) is 0.462. The van der Waals surface area contributed by atoms with Gasteiger partial charge in [-0.2, -0.15) is 0 Å². The molecule has 0 spiro atoms. The molecule has 1 heterocycles. The average molecular weight is 329 g/mol. The van der Waals surface area contributed by atoms with E-state index in [1.165, 1.54) is 0 Å². The van der Waals surface area contributed by atoms with Crippen LogP contribution in [0.3, 0.4) is 0 Å². The van der Waals surface area contributed by atoms with Crippen molar-refractivity contribution in [3.63, 3.8) is 0 Å².